The van der Waals surface area contributed by atoms with E-state index in [0.29, 0.717) is 11.1 Å². The fourth-order valence-electron chi connectivity index (χ4n) is 5.42. The SMILES string of the molecule is Cc1c(C#N)nnn1CC12CC3CC(CC(C3)C1)C2. The third-order valence-electron chi connectivity index (χ3n) is 5.74. The highest BCUT2D eigenvalue weighted by molar-refractivity contribution is 5.23. The van der Waals surface area contributed by atoms with Gasteiger partial charge in [0, 0.05) is 6.54 Å². The highest BCUT2D eigenvalue weighted by atomic mass is 15.4. The van der Waals surface area contributed by atoms with Gasteiger partial charge in [0.25, 0.3) is 0 Å². The minimum atomic E-state index is 0.458. The van der Waals surface area contributed by atoms with Crippen LogP contribution < -0.4 is 0 Å². The van der Waals surface area contributed by atoms with Crippen molar-refractivity contribution in [1.82, 2.24) is 15.0 Å². The smallest absolute Gasteiger partial charge is 0.185 e. The molecule has 0 aromatic carbocycles. The second-order valence-electron chi connectivity index (χ2n) is 7.21. The molecule has 100 valence electrons. The summed E-state index contributed by atoms with van der Waals surface area (Å²) in [6, 6.07) is 2.13. The molecule has 0 saturated heterocycles. The molecule has 4 nitrogen and oxygen atoms in total. The lowest BCUT2D eigenvalue weighted by Gasteiger charge is -2.56. The van der Waals surface area contributed by atoms with Crippen molar-refractivity contribution in [3.05, 3.63) is 11.4 Å². The van der Waals surface area contributed by atoms with Gasteiger partial charge in [-0.05, 0) is 68.6 Å². The molecule has 5 rings (SSSR count). The molecule has 1 heterocycles. The summed E-state index contributed by atoms with van der Waals surface area (Å²) in [6.07, 6.45) is 8.54. The van der Waals surface area contributed by atoms with Crippen LogP contribution in [0.5, 0.6) is 0 Å². The first-order valence-corrected chi connectivity index (χ1v) is 7.48. The van der Waals surface area contributed by atoms with Gasteiger partial charge < -0.3 is 0 Å². The zero-order valence-corrected chi connectivity index (χ0v) is 11.5. The third-order valence-corrected chi connectivity index (χ3v) is 5.74. The summed E-state index contributed by atoms with van der Waals surface area (Å²) in [5.74, 6) is 2.89. The summed E-state index contributed by atoms with van der Waals surface area (Å²) < 4.78 is 1.99. The van der Waals surface area contributed by atoms with Crippen LogP contribution in [0.1, 0.15) is 49.9 Å². The van der Waals surface area contributed by atoms with E-state index in [9.17, 15) is 0 Å². The molecule has 4 saturated carbocycles. The maximum absolute atomic E-state index is 9.00. The molecule has 4 aliphatic carbocycles. The van der Waals surface area contributed by atoms with E-state index in [0.717, 1.165) is 30.0 Å². The average molecular weight is 256 g/mol. The largest absolute Gasteiger partial charge is 0.248 e. The van der Waals surface area contributed by atoms with Gasteiger partial charge in [-0.3, -0.25) is 0 Å². The predicted molar refractivity (Wildman–Crippen MR) is 70.1 cm³/mol. The lowest BCUT2D eigenvalue weighted by atomic mass is 9.49. The Bertz CT molecular complexity index is 516. The number of hydrogen-bond donors (Lipinski definition) is 0. The summed E-state index contributed by atoms with van der Waals surface area (Å²) in [5.41, 5.74) is 1.89. The Morgan fingerprint density at radius 1 is 1.21 bits per heavy atom. The number of aromatic nitrogens is 3. The van der Waals surface area contributed by atoms with E-state index in [1.54, 1.807) is 0 Å². The van der Waals surface area contributed by atoms with Crippen LogP contribution in [-0.2, 0) is 6.54 Å². The highest BCUT2D eigenvalue weighted by Gasteiger charge is 2.51. The summed E-state index contributed by atoms with van der Waals surface area (Å²) in [5, 5.41) is 17.2. The second-order valence-corrected chi connectivity index (χ2v) is 7.21. The summed E-state index contributed by atoms with van der Waals surface area (Å²) >= 11 is 0. The third kappa shape index (κ3) is 1.71. The van der Waals surface area contributed by atoms with E-state index in [4.69, 9.17) is 5.26 Å². The van der Waals surface area contributed by atoms with Crippen molar-refractivity contribution in [2.45, 2.75) is 52.0 Å². The van der Waals surface area contributed by atoms with Crippen LogP contribution in [-0.4, -0.2) is 15.0 Å². The number of nitriles is 1. The van der Waals surface area contributed by atoms with Crippen molar-refractivity contribution in [3.63, 3.8) is 0 Å². The topological polar surface area (TPSA) is 54.5 Å². The lowest BCUT2D eigenvalue weighted by molar-refractivity contribution is -0.0640. The first kappa shape index (κ1) is 11.5. The molecule has 4 fully saturated rings. The van der Waals surface area contributed by atoms with Crippen LogP contribution in [0.25, 0.3) is 0 Å². The molecule has 19 heavy (non-hydrogen) atoms. The Morgan fingerprint density at radius 3 is 2.26 bits per heavy atom. The second kappa shape index (κ2) is 3.82. The van der Waals surface area contributed by atoms with Gasteiger partial charge in [-0.15, -0.1) is 5.10 Å². The van der Waals surface area contributed by atoms with Crippen LogP contribution in [0.15, 0.2) is 0 Å². The fourth-order valence-corrected chi connectivity index (χ4v) is 5.42. The summed E-state index contributed by atoms with van der Waals surface area (Å²) in [7, 11) is 0. The maximum Gasteiger partial charge on any atom is 0.185 e. The van der Waals surface area contributed by atoms with Gasteiger partial charge >= 0.3 is 0 Å². The molecule has 0 unspecified atom stereocenters. The van der Waals surface area contributed by atoms with Crippen LogP contribution in [0.4, 0.5) is 0 Å². The van der Waals surface area contributed by atoms with Gasteiger partial charge in [0.2, 0.25) is 0 Å². The Kier molecular flexibility index (Phi) is 2.30. The van der Waals surface area contributed by atoms with Gasteiger partial charge in [0.05, 0.1) is 5.69 Å². The molecule has 1 aromatic heterocycles. The van der Waals surface area contributed by atoms with Crippen LogP contribution in [0.3, 0.4) is 0 Å². The molecular weight excluding hydrogens is 236 g/mol. The normalized spacial score (nSPS) is 39.5. The molecule has 0 amide bonds. The molecule has 4 aliphatic rings. The molecule has 0 atom stereocenters. The molecule has 0 radical (unpaired) electrons. The van der Waals surface area contributed by atoms with E-state index in [2.05, 4.69) is 16.4 Å². The van der Waals surface area contributed by atoms with Crippen molar-refractivity contribution in [2.75, 3.05) is 0 Å². The molecule has 1 aromatic rings. The van der Waals surface area contributed by atoms with Gasteiger partial charge in [-0.25, -0.2) is 4.68 Å². The van der Waals surface area contributed by atoms with Crippen molar-refractivity contribution in [2.24, 2.45) is 23.2 Å². The van der Waals surface area contributed by atoms with E-state index in [1.165, 1.54) is 38.5 Å². The zero-order valence-electron chi connectivity index (χ0n) is 11.5. The van der Waals surface area contributed by atoms with E-state index in [-0.39, 0.29) is 0 Å². The molecular formula is C15H20N4. The highest BCUT2D eigenvalue weighted by Crippen LogP contribution is 2.60. The Balaban J connectivity index is 1.62. The minimum Gasteiger partial charge on any atom is -0.248 e. The molecule has 4 bridgehead atoms. The first-order chi connectivity index (χ1) is 9.17. The maximum atomic E-state index is 9.00. The Morgan fingerprint density at radius 2 is 1.79 bits per heavy atom. The van der Waals surface area contributed by atoms with Gasteiger partial charge in [-0.1, -0.05) is 5.21 Å². The minimum absolute atomic E-state index is 0.458. The number of hydrogen-bond acceptors (Lipinski definition) is 3. The van der Waals surface area contributed by atoms with Crippen LogP contribution in [0.2, 0.25) is 0 Å². The number of rotatable bonds is 2. The Hall–Kier alpha value is -1.37. The van der Waals surface area contributed by atoms with E-state index >= 15 is 0 Å². The summed E-state index contributed by atoms with van der Waals surface area (Å²) in [4.78, 5) is 0. The van der Waals surface area contributed by atoms with Gasteiger partial charge in [0.15, 0.2) is 5.69 Å². The molecule has 0 N–H and O–H groups in total. The Labute approximate surface area is 113 Å². The fraction of sp³-hybridized carbons (Fsp3) is 0.800. The average Bonchev–Trinajstić information content (AvgIpc) is 2.68. The summed E-state index contributed by atoms with van der Waals surface area (Å²) in [6.45, 7) is 2.95. The van der Waals surface area contributed by atoms with Crippen LogP contribution in [0, 0.1) is 41.4 Å². The number of nitrogens with zero attached hydrogens (tertiary/aromatic N) is 4. The van der Waals surface area contributed by atoms with Crippen molar-refractivity contribution in [1.29, 1.82) is 5.26 Å². The molecule has 0 aliphatic heterocycles. The van der Waals surface area contributed by atoms with Crippen LogP contribution >= 0.6 is 0 Å². The molecule has 0 spiro atoms. The molecule has 4 heteroatoms. The standard InChI is InChI=1S/C15H20N4/c1-10-14(8-16)17-18-19(10)9-15-5-11-2-12(6-15)4-13(3-11)7-15/h11-13H,2-7,9H2,1H3. The van der Waals surface area contributed by atoms with E-state index < -0.39 is 0 Å². The lowest BCUT2D eigenvalue weighted by Crippen LogP contribution is -2.48. The first-order valence-electron chi connectivity index (χ1n) is 7.48. The zero-order chi connectivity index (χ0) is 13.0. The monoisotopic (exact) mass is 256 g/mol. The van der Waals surface area contributed by atoms with Crippen molar-refractivity contribution < 1.29 is 0 Å². The van der Waals surface area contributed by atoms with Crippen molar-refractivity contribution >= 4 is 0 Å². The van der Waals surface area contributed by atoms with Crippen molar-refractivity contribution in [3.8, 4) is 6.07 Å². The van der Waals surface area contributed by atoms with Gasteiger partial charge in [-0.2, -0.15) is 5.26 Å². The van der Waals surface area contributed by atoms with E-state index in [1.807, 2.05) is 11.6 Å². The predicted octanol–water partition coefficient (Wildman–Crippen LogP) is 2.67. The quantitative estimate of drug-likeness (QED) is 0.817. The van der Waals surface area contributed by atoms with Gasteiger partial charge in [0.1, 0.15) is 6.07 Å².